The molecule has 1 amide bonds. The van der Waals surface area contributed by atoms with E-state index in [-0.39, 0.29) is 11.9 Å². The number of halogens is 1. The van der Waals surface area contributed by atoms with Gasteiger partial charge in [0.15, 0.2) is 11.5 Å². The van der Waals surface area contributed by atoms with Gasteiger partial charge in [0.1, 0.15) is 0 Å². The monoisotopic (exact) mass is 347 g/mol. The Hall–Kier alpha value is -2.20. The van der Waals surface area contributed by atoms with Crippen molar-refractivity contribution in [3.63, 3.8) is 0 Å². The quantitative estimate of drug-likeness (QED) is 0.789. The number of carbonyl (C=O) groups excluding carboxylic acids is 1. The maximum absolute atomic E-state index is 12.6. The molecule has 2 rings (SSSR count). The Balaban J connectivity index is 2.11. The first-order chi connectivity index (χ1) is 11.5. The molecule has 2 aromatic rings. The van der Waals surface area contributed by atoms with Gasteiger partial charge >= 0.3 is 0 Å². The highest BCUT2D eigenvalue weighted by atomic mass is 35.5. The van der Waals surface area contributed by atoms with E-state index in [1.165, 1.54) is 0 Å². The number of nitrogens with zero attached hydrogens (tertiary/aromatic N) is 1. The van der Waals surface area contributed by atoms with E-state index in [2.05, 4.69) is 0 Å². The molecule has 0 fully saturated rings. The average molecular weight is 348 g/mol. The molecule has 0 spiro atoms. The van der Waals surface area contributed by atoms with E-state index in [1.54, 1.807) is 26.2 Å². The van der Waals surface area contributed by atoms with Gasteiger partial charge in [-0.2, -0.15) is 0 Å². The second kappa shape index (κ2) is 8.06. The highest BCUT2D eigenvalue weighted by molar-refractivity contribution is 6.30. The molecule has 1 atom stereocenters. The fraction of sp³-hybridized carbons (Fsp3) is 0.316. The van der Waals surface area contributed by atoms with Crippen LogP contribution in [0.5, 0.6) is 11.5 Å². The maximum atomic E-state index is 12.6. The van der Waals surface area contributed by atoms with Crippen LogP contribution in [0.25, 0.3) is 0 Å². The molecule has 128 valence electrons. The molecular formula is C19H22ClNO3. The fourth-order valence-electron chi connectivity index (χ4n) is 2.50. The van der Waals surface area contributed by atoms with E-state index in [0.29, 0.717) is 22.9 Å². The molecule has 5 heteroatoms. The lowest BCUT2D eigenvalue weighted by molar-refractivity contribution is -0.131. The number of amides is 1. The highest BCUT2D eigenvalue weighted by Crippen LogP contribution is 2.28. The molecule has 0 aromatic heterocycles. The summed E-state index contributed by atoms with van der Waals surface area (Å²) in [6.07, 6.45) is 0.293. The van der Waals surface area contributed by atoms with Gasteiger partial charge in [0, 0.05) is 12.1 Å². The molecule has 0 saturated carbocycles. The Bertz CT molecular complexity index is 718. The van der Waals surface area contributed by atoms with Crippen LogP contribution in [0, 0.1) is 0 Å². The minimum Gasteiger partial charge on any atom is -0.493 e. The number of ether oxygens (including phenoxy) is 2. The summed E-state index contributed by atoms with van der Waals surface area (Å²) in [6, 6.07) is 13.0. The standard InChI is InChI=1S/C19H22ClNO3/c1-13(15-6-5-7-16(20)12-15)21(2)19(22)11-14-8-9-17(23-3)18(10-14)24-4/h5-10,12-13H,11H2,1-4H3. The van der Waals surface area contributed by atoms with Crippen LogP contribution in [0.3, 0.4) is 0 Å². The lowest BCUT2D eigenvalue weighted by atomic mass is 10.1. The number of hydrogen-bond donors (Lipinski definition) is 0. The third kappa shape index (κ3) is 4.20. The van der Waals surface area contributed by atoms with Crippen LogP contribution in [0.2, 0.25) is 5.02 Å². The van der Waals surface area contributed by atoms with Crippen molar-refractivity contribution in [2.24, 2.45) is 0 Å². The summed E-state index contributed by atoms with van der Waals surface area (Å²) in [7, 11) is 4.97. The van der Waals surface area contributed by atoms with Crippen LogP contribution in [0.1, 0.15) is 24.1 Å². The smallest absolute Gasteiger partial charge is 0.227 e. The first-order valence-electron chi connectivity index (χ1n) is 7.68. The Morgan fingerprint density at radius 1 is 1.12 bits per heavy atom. The van der Waals surface area contributed by atoms with Crippen molar-refractivity contribution in [2.75, 3.05) is 21.3 Å². The molecule has 4 nitrogen and oxygen atoms in total. The summed E-state index contributed by atoms with van der Waals surface area (Å²) in [5, 5.41) is 0.667. The van der Waals surface area contributed by atoms with Crippen molar-refractivity contribution < 1.29 is 14.3 Å². The van der Waals surface area contributed by atoms with Crippen LogP contribution in [0.4, 0.5) is 0 Å². The molecule has 0 aliphatic carbocycles. The lowest BCUT2D eigenvalue weighted by Gasteiger charge is -2.25. The number of rotatable bonds is 6. The molecule has 0 radical (unpaired) electrons. The van der Waals surface area contributed by atoms with Crippen molar-refractivity contribution in [1.82, 2.24) is 4.90 Å². The van der Waals surface area contributed by atoms with E-state index in [4.69, 9.17) is 21.1 Å². The van der Waals surface area contributed by atoms with Gasteiger partial charge < -0.3 is 14.4 Å². The predicted molar refractivity (Wildman–Crippen MR) is 95.9 cm³/mol. The normalized spacial score (nSPS) is 11.7. The van der Waals surface area contributed by atoms with Crippen LogP contribution < -0.4 is 9.47 Å². The first kappa shape index (κ1) is 18.1. The van der Waals surface area contributed by atoms with Crippen LogP contribution in [-0.4, -0.2) is 32.1 Å². The van der Waals surface area contributed by atoms with E-state index >= 15 is 0 Å². The summed E-state index contributed by atoms with van der Waals surface area (Å²) in [5.41, 5.74) is 1.88. The SMILES string of the molecule is COc1ccc(CC(=O)N(C)C(C)c2cccc(Cl)c2)cc1OC. The van der Waals surface area contributed by atoms with Gasteiger partial charge in [-0.3, -0.25) is 4.79 Å². The Kier molecular flexibility index (Phi) is 6.10. The summed E-state index contributed by atoms with van der Waals surface area (Å²) in [6.45, 7) is 1.98. The maximum Gasteiger partial charge on any atom is 0.227 e. The molecule has 0 saturated heterocycles. The zero-order chi connectivity index (χ0) is 17.7. The summed E-state index contributed by atoms with van der Waals surface area (Å²) < 4.78 is 10.5. The minimum absolute atomic E-state index is 0.0229. The van der Waals surface area contributed by atoms with Crippen LogP contribution in [0.15, 0.2) is 42.5 Å². The molecule has 0 bridgehead atoms. The molecule has 24 heavy (non-hydrogen) atoms. The van der Waals surface area contributed by atoms with Crippen molar-refractivity contribution in [3.8, 4) is 11.5 Å². The van der Waals surface area contributed by atoms with Gasteiger partial charge in [-0.05, 0) is 42.3 Å². The zero-order valence-electron chi connectivity index (χ0n) is 14.4. The molecule has 0 aliphatic heterocycles. The van der Waals surface area contributed by atoms with Crippen molar-refractivity contribution >= 4 is 17.5 Å². The van der Waals surface area contributed by atoms with E-state index in [9.17, 15) is 4.79 Å². The van der Waals surface area contributed by atoms with E-state index in [1.807, 2.05) is 49.4 Å². The Morgan fingerprint density at radius 2 is 1.83 bits per heavy atom. The first-order valence-corrected chi connectivity index (χ1v) is 8.06. The van der Waals surface area contributed by atoms with Crippen LogP contribution >= 0.6 is 11.6 Å². The number of carbonyl (C=O) groups is 1. The molecule has 0 heterocycles. The summed E-state index contributed by atoms with van der Waals surface area (Å²) >= 11 is 6.04. The van der Waals surface area contributed by atoms with Gasteiger partial charge in [-0.25, -0.2) is 0 Å². The highest BCUT2D eigenvalue weighted by Gasteiger charge is 2.18. The average Bonchev–Trinajstić information content (AvgIpc) is 2.60. The van der Waals surface area contributed by atoms with Gasteiger partial charge in [0.05, 0.1) is 26.7 Å². The van der Waals surface area contributed by atoms with Gasteiger partial charge in [-0.15, -0.1) is 0 Å². The van der Waals surface area contributed by atoms with Crippen molar-refractivity contribution in [3.05, 3.63) is 58.6 Å². The Morgan fingerprint density at radius 3 is 2.46 bits per heavy atom. The fourth-order valence-corrected chi connectivity index (χ4v) is 2.69. The van der Waals surface area contributed by atoms with Crippen LogP contribution in [-0.2, 0) is 11.2 Å². The number of likely N-dealkylation sites (N-methyl/N-ethyl adjacent to an activating group) is 1. The van der Waals surface area contributed by atoms with E-state index < -0.39 is 0 Å². The molecule has 0 N–H and O–H groups in total. The van der Waals surface area contributed by atoms with Crippen molar-refractivity contribution in [2.45, 2.75) is 19.4 Å². The Labute approximate surface area is 147 Å². The summed E-state index contributed by atoms with van der Waals surface area (Å²) in [4.78, 5) is 14.3. The second-order valence-corrected chi connectivity index (χ2v) is 6.04. The molecular weight excluding hydrogens is 326 g/mol. The molecule has 0 aliphatic rings. The van der Waals surface area contributed by atoms with Crippen molar-refractivity contribution in [1.29, 1.82) is 0 Å². The third-order valence-corrected chi connectivity index (χ3v) is 4.34. The van der Waals surface area contributed by atoms with Gasteiger partial charge in [-0.1, -0.05) is 29.8 Å². The number of methoxy groups -OCH3 is 2. The minimum atomic E-state index is -0.0589. The van der Waals surface area contributed by atoms with Gasteiger partial charge in [0.2, 0.25) is 5.91 Å². The third-order valence-electron chi connectivity index (χ3n) is 4.11. The topological polar surface area (TPSA) is 38.8 Å². The number of hydrogen-bond acceptors (Lipinski definition) is 3. The van der Waals surface area contributed by atoms with E-state index in [0.717, 1.165) is 11.1 Å². The lowest BCUT2D eigenvalue weighted by Crippen LogP contribution is -2.31. The molecule has 1 unspecified atom stereocenters. The zero-order valence-corrected chi connectivity index (χ0v) is 15.1. The molecule has 2 aromatic carbocycles. The van der Waals surface area contributed by atoms with Gasteiger partial charge in [0.25, 0.3) is 0 Å². The predicted octanol–water partition coefficient (Wildman–Crippen LogP) is 4.12. The number of benzene rings is 2. The second-order valence-electron chi connectivity index (χ2n) is 5.60. The largest absolute Gasteiger partial charge is 0.493 e. The summed E-state index contributed by atoms with van der Waals surface area (Å²) in [5.74, 6) is 1.29.